The van der Waals surface area contributed by atoms with Gasteiger partial charge in [-0.2, -0.15) is 0 Å². The van der Waals surface area contributed by atoms with Crippen molar-refractivity contribution in [2.45, 2.75) is 45.1 Å². The highest BCUT2D eigenvalue weighted by molar-refractivity contribution is 5.40. The van der Waals surface area contributed by atoms with Crippen LogP contribution in [0.4, 0.5) is 5.82 Å². The van der Waals surface area contributed by atoms with E-state index in [2.05, 4.69) is 16.0 Å². The van der Waals surface area contributed by atoms with E-state index < -0.39 is 6.10 Å². The van der Waals surface area contributed by atoms with Crippen LogP contribution in [-0.2, 0) is 0 Å². The van der Waals surface area contributed by atoms with Gasteiger partial charge in [0.2, 0.25) is 0 Å². The molecule has 19 heavy (non-hydrogen) atoms. The summed E-state index contributed by atoms with van der Waals surface area (Å²) >= 11 is 0. The van der Waals surface area contributed by atoms with Gasteiger partial charge in [0, 0.05) is 19.3 Å². The van der Waals surface area contributed by atoms with Crippen molar-refractivity contribution in [2.75, 3.05) is 18.0 Å². The molecule has 1 aromatic rings. The van der Waals surface area contributed by atoms with E-state index in [4.69, 9.17) is 0 Å². The second-order valence-electron chi connectivity index (χ2n) is 6.17. The number of hydrogen-bond donors (Lipinski definition) is 1. The second kappa shape index (κ2) is 5.49. The molecule has 1 aliphatic carbocycles. The Kier molecular flexibility index (Phi) is 3.74. The minimum Gasteiger partial charge on any atom is -0.389 e. The van der Waals surface area contributed by atoms with Crippen molar-refractivity contribution >= 4 is 5.82 Å². The Morgan fingerprint density at radius 3 is 2.68 bits per heavy atom. The van der Waals surface area contributed by atoms with Crippen LogP contribution >= 0.6 is 0 Å². The van der Waals surface area contributed by atoms with E-state index in [-0.39, 0.29) is 0 Å². The molecular formula is C16H24N2O. The van der Waals surface area contributed by atoms with Crippen molar-refractivity contribution in [1.82, 2.24) is 4.98 Å². The van der Waals surface area contributed by atoms with Crippen molar-refractivity contribution < 1.29 is 5.11 Å². The van der Waals surface area contributed by atoms with Crippen LogP contribution in [0.15, 0.2) is 18.3 Å². The molecule has 2 fully saturated rings. The van der Waals surface area contributed by atoms with Gasteiger partial charge in [-0.25, -0.2) is 4.98 Å². The van der Waals surface area contributed by atoms with Crippen molar-refractivity contribution in [2.24, 2.45) is 11.8 Å². The SMILES string of the molecule is CC(O)c1ccc(N2CCC3CCCCC3C2)nc1. The van der Waals surface area contributed by atoms with Crippen LogP contribution in [-0.4, -0.2) is 23.2 Å². The van der Waals surface area contributed by atoms with E-state index in [0.29, 0.717) is 0 Å². The lowest BCUT2D eigenvalue weighted by Gasteiger charge is -2.41. The van der Waals surface area contributed by atoms with Gasteiger partial charge in [-0.05, 0) is 43.2 Å². The number of fused-ring (bicyclic) bond motifs is 1. The highest BCUT2D eigenvalue weighted by Crippen LogP contribution is 2.37. The van der Waals surface area contributed by atoms with Gasteiger partial charge in [-0.1, -0.05) is 25.3 Å². The van der Waals surface area contributed by atoms with Gasteiger partial charge in [-0.3, -0.25) is 0 Å². The van der Waals surface area contributed by atoms with Crippen molar-refractivity contribution in [3.05, 3.63) is 23.9 Å². The summed E-state index contributed by atoms with van der Waals surface area (Å²) in [4.78, 5) is 6.96. The van der Waals surface area contributed by atoms with Crippen LogP contribution in [0.2, 0.25) is 0 Å². The molecule has 0 aromatic carbocycles. The standard InChI is InChI=1S/C16H24N2O/c1-12(19)14-6-7-16(17-10-14)18-9-8-13-4-2-3-5-15(13)11-18/h6-7,10,12-13,15,19H,2-5,8-9,11H2,1H3. The van der Waals surface area contributed by atoms with Gasteiger partial charge in [0.05, 0.1) is 6.10 Å². The number of hydrogen-bond acceptors (Lipinski definition) is 3. The molecule has 1 N–H and O–H groups in total. The predicted molar refractivity (Wildman–Crippen MR) is 77.1 cm³/mol. The number of aliphatic hydroxyl groups is 1. The zero-order valence-electron chi connectivity index (χ0n) is 11.8. The van der Waals surface area contributed by atoms with Gasteiger partial charge in [0.1, 0.15) is 5.82 Å². The Balaban J connectivity index is 1.69. The smallest absolute Gasteiger partial charge is 0.128 e. The lowest BCUT2D eigenvalue weighted by Crippen LogP contribution is -2.42. The van der Waals surface area contributed by atoms with Gasteiger partial charge >= 0.3 is 0 Å². The molecule has 2 heterocycles. The number of nitrogens with zero attached hydrogens (tertiary/aromatic N) is 2. The highest BCUT2D eigenvalue weighted by Gasteiger charge is 2.31. The number of rotatable bonds is 2. The fraction of sp³-hybridized carbons (Fsp3) is 0.688. The van der Waals surface area contributed by atoms with Crippen LogP contribution < -0.4 is 4.90 Å². The molecule has 0 radical (unpaired) electrons. The van der Waals surface area contributed by atoms with Crippen molar-refractivity contribution in [1.29, 1.82) is 0 Å². The molecule has 104 valence electrons. The van der Waals surface area contributed by atoms with Crippen LogP contribution in [0.1, 0.15) is 50.7 Å². The fourth-order valence-corrected chi connectivity index (χ4v) is 3.64. The van der Waals surface area contributed by atoms with E-state index in [1.54, 1.807) is 6.92 Å². The van der Waals surface area contributed by atoms with E-state index in [1.165, 1.54) is 38.6 Å². The Morgan fingerprint density at radius 1 is 1.21 bits per heavy atom. The molecule has 1 aromatic heterocycles. The minimum atomic E-state index is -0.425. The molecule has 1 saturated heterocycles. The Labute approximate surface area is 115 Å². The van der Waals surface area contributed by atoms with Gasteiger partial charge in [-0.15, -0.1) is 0 Å². The maximum atomic E-state index is 9.53. The lowest BCUT2D eigenvalue weighted by atomic mass is 9.75. The Bertz CT molecular complexity index is 415. The number of anilines is 1. The first-order valence-corrected chi connectivity index (χ1v) is 7.63. The third-order valence-corrected chi connectivity index (χ3v) is 4.87. The van der Waals surface area contributed by atoms with Crippen molar-refractivity contribution in [3.8, 4) is 0 Å². The molecule has 0 amide bonds. The molecule has 1 saturated carbocycles. The predicted octanol–water partition coefficient (Wildman–Crippen LogP) is 3.15. The molecule has 3 unspecified atom stereocenters. The zero-order valence-corrected chi connectivity index (χ0v) is 11.8. The first-order valence-electron chi connectivity index (χ1n) is 7.63. The quantitative estimate of drug-likeness (QED) is 0.887. The number of aliphatic hydroxyl groups excluding tert-OH is 1. The average Bonchev–Trinajstić information content (AvgIpc) is 2.47. The first kappa shape index (κ1) is 12.9. The summed E-state index contributed by atoms with van der Waals surface area (Å²) in [5.41, 5.74) is 0.899. The van der Waals surface area contributed by atoms with E-state index in [0.717, 1.165) is 29.8 Å². The van der Waals surface area contributed by atoms with Crippen LogP contribution in [0.5, 0.6) is 0 Å². The molecule has 3 heteroatoms. The molecule has 3 rings (SSSR count). The van der Waals surface area contributed by atoms with Crippen LogP contribution in [0, 0.1) is 11.8 Å². The summed E-state index contributed by atoms with van der Waals surface area (Å²) in [7, 11) is 0. The first-order chi connectivity index (χ1) is 9.24. The summed E-state index contributed by atoms with van der Waals surface area (Å²) in [6.07, 6.45) is 8.38. The third kappa shape index (κ3) is 2.76. The summed E-state index contributed by atoms with van der Waals surface area (Å²) < 4.78 is 0. The van der Waals surface area contributed by atoms with E-state index in [1.807, 2.05) is 12.3 Å². The lowest BCUT2D eigenvalue weighted by molar-refractivity contribution is 0.198. The molecule has 1 aliphatic heterocycles. The molecule has 3 nitrogen and oxygen atoms in total. The second-order valence-corrected chi connectivity index (χ2v) is 6.17. The van der Waals surface area contributed by atoms with Gasteiger partial charge in [0.25, 0.3) is 0 Å². The third-order valence-electron chi connectivity index (χ3n) is 4.87. The molecule has 3 atom stereocenters. The molecule has 2 aliphatic rings. The summed E-state index contributed by atoms with van der Waals surface area (Å²) in [6.45, 7) is 4.10. The number of aromatic nitrogens is 1. The highest BCUT2D eigenvalue weighted by atomic mass is 16.3. The van der Waals surface area contributed by atoms with E-state index in [9.17, 15) is 5.11 Å². The van der Waals surface area contributed by atoms with Crippen molar-refractivity contribution in [3.63, 3.8) is 0 Å². The van der Waals surface area contributed by atoms with Gasteiger partial charge in [0.15, 0.2) is 0 Å². The van der Waals surface area contributed by atoms with E-state index >= 15 is 0 Å². The fourth-order valence-electron chi connectivity index (χ4n) is 3.64. The topological polar surface area (TPSA) is 36.4 Å². The van der Waals surface area contributed by atoms with Crippen LogP contribution in [0.25, 0.3) is 0 Å². The normalized spacial score (nSPS) is 28.8. The Morgan fingerprint density at radius 2 is 2.00 bits per heavy atom. The number of pyridine rings is 1. The summed E-state index contributed by atoms with van der Waals surface area (Å²) in [6, 6.07) is 4.06. The zero-order chi connectivity index (χ0) is 13.2. The maximum absolute atomic E-state index is 9.53. The average molecular weight is 260 g/mol. The monoisotopic (exact) mass is 260 g/mol. The maximum Gasteiger partial charge on any atom is 0.128 e. The largest absolute Gasteiger partial charge is 0.389 e. The molecule has 0 spiro atoms. The summed E-state index contributed by atoms with van der Waals surface area (Å²) in [5, 5.41) is 9.53. The molecule has 0 bridgehead atoms. The van der Waals surface area contributed by atoms with Crippen LogP contribution in [0.3, 0.4) is 0 Å². The van der Waals surface area contributed by atoms with Gasteiger partial charge < -0.3 is 10.0 Å². The molecular weight excluding hydrogens is 236 g/mol. The minimum absolute atomic E-state index is 0.425. The Hall–Kier alpha value is -1.09. The summed E-state index contributed by atoms with van der Waals surface area (Å²) in [5.74, 6) is 2.91. The number of piperidine rings is 1.